The quantitative estimate of drug-likeness (QED) is 0.637. The van der Waals surface area contributed by atoms with E-state index < -0.39 is 0 Å². The molecule has 1 saturated heterocycles. The van der Waals surface area contributed by atoms with Gasteiger partial charge in [-0.25, -0.2) is 4.79 Å². The summed E-state index contributed by atoms with van der Waals surface area (Å²) in [5.74, 6) is -0.350. The maximum absolute atomic E-state index is 11.5. The third-order valence-corrected chi connectivity index (χ3v) is 3.99. The zero-order chi connectivity index (χ0) is 16.1. The van der Waals surface area contributed by atoms with Gasteiger partial charge in [0.2, 0.25) is 0 Å². The number of rotatable bonds is 4. The van der Waals surface area contributed by atoms with E-state index in [4.69, 9.17) is 4.74 Å². The minimum atomic E-state index is -0.350. The topological polar surface area (TPSA) is 41.9 Å². The summed E-state index contributed by atoms with van der Waals surface area (Å²) in [4.78, 5) is 18.4. The van der Waals surface area contributed by atoms with Gasteiger partial charge < -0.3 is 9.64 Å². The van der Waals surface area contributed by atoms with E-state index in [-0.39, 0.29) is 5.97 Å². The van der Waals surface area contributed by atoms with Gasteiger partial charge in [0.25, 0.3) is 0 Å². The van der Waals surface area contributed by atoms with Crippen LogP contribution in [-0.2, 0) is 4.74 Å². The van der Waals surface area contributed by atoms with Crippen LogP contribution >= 0.6 is 0 Å². The van der Waals surface area contributed by atoms with Gasteiger partial charge >= 0.3 is 5.97 Å². The Morgan fingerprint density at radius 1 is 1.13 bits per heavy atom. The zero-order valence-corrected chi connectivity index (χ0v) is 13.2. The van der Waals surface area contributed by atoms with Crippen molar-refractivity contribution in [2.75, 3.05) is 25.1 Å². The first-order chi connectivity index (χ1) is 11.3. The molecule has 0 amide bonds. The summed E-state index contributed by atoms with van der Waals surface area (Å²) in [5, 5.41) is 0. The number of esters is 1. The molecule has 1 heterocycles. The van der Waals surface area contributed by atoms with Crippen molar-refractivity contribution in [3.05, 3.63) is 59.7 Å². The molecule has 4 nitrogen and oxygen atoms in total. The Morgan fingerprint density at radius 3 is 2.57 bits per heavy atom. The molecule has 0 bridgehead atoms. The van der Waals surface area contributed by atoms with Gasteiger partial charge in [0.1, 0.15) is 0 Å². The van der Waals surface area contributed by atoms with Crippen molar-refractivity contribution >= 4 is 23.6 Å². The first-order valence-corrected chi connectivity index (χ1v) is 7.84. The summed E-state index contributed by atoms with van der Waals surface area (Å²) in [6.07, 6.45) is 4.36. The van der Waals surface area contributed by atoms with Crippen LogP contribution in [0.15, 0.2) is 53.5 Å². The molecule has 118 valence electrons. The Balaban J connectivity index is 1.71. The van der Waals surface area contributed by atoms with Gasteiger partial charge in [-0.05, 0) is 48.7 Å². The smallest absolute Gasteiger partial charge is 0.337 e. The molecule has 4 heteroatoms. The SMILES string of the molecule is COC(=O)c1cccc(N=Cc2ccc(N3CCCC3)cc2)c1. The summed E-state index contributed by atoms with van der Waals surface area (Å²) in [7, 11) is 1.38. The largest absolute Gasteiger partial charge is 0.465 e. The van der Waals surface area contributed by atoms with Gasteiger partial charge in [-0.3, -0.25) is 4.99 Å². The van der Waals surface area contributed by atoms with Crippen molar-refractivity contribution in [1.29, 1.82) is 0 Å². The van der Waals surface area contributed by atoms with Crippen LogP contribution in [-0.4, -0.2) is 32.4 Å². The van der Waals surface area contributed by atoms with Crippen LogP contribution in [0.1, 0.15) is 28.8 Å². The molecule has 0 spiro atoms. The second-order valence-electron chi connectivity index (χ2n) is 5.59. The average Bonchev–Trinajstić information content (AvgIpc) is 3.14. The highest BCUT2D eigenvalue weighted by atomic mass is 16.5. The first-order valence-electron chi connectivity index (χ1n) is 7.84. The first kappa shape index (κ1) is 15.3. The number of carbonyl (C=O) groups is 1. The highest BCUT2D eigenvalue weighted by Gasteiger charge is 2.11. The lowest BCUT2D eigenvalue weighted by atomic mass is 10.2. The average molecular weight is 308 g/mol. The number of methoxy groups -OCH3 is 1. The number of hydrogen-bond acceptors (Lipinski definition) is 4. The van der Waals surface area contributed by atoms with E-state index in [1.807, 2.05) is 12.3 Å². The van der Waals surface area contributed by atoms with E-state index >= 15 is 0 Å². The molecule has 3 rings (SSSR count). The Bertz CT molecular complexity index is 702. The molecule has 1 fully saturated rings. The van der Waals surface area contributed by atoms with E-state index in [2.05, 4.69) is 34.2 Å². The van der Waals surface area contributed by atoms with Gasteiger partial charge in [0.15, 0.2) is 0 Å². The zero-order valence-electron chi connectivity index (χ0n) is 13.2. The second kappa shape index (κ2) is 7.09. The molecule has 23 heavy (non-hydrogen) atoms. The summed E-state index contributed by atoms with van der Waals surface area (Å²) >= 11 is 0. The van der Waals surface area contributed by atoms with Gasteiger partial charge in [0.05, 0.1) is 18.4 Å². The van der Waals surface area contributed by atoms with Crippen molar-refractivity contribution in [2.45, 2.75) is 12.8 Å². The van der Waals surface area contributed by atoms with Gasteiger partial charge in [-0.1, -0.05) is 18.2 Å². The predicted octanol–water partition coefficient (Wildman–Crippen LogP) is 3.82. The number of carbonyl (C=O) groups excluding carboxylic acids is 1. The molecule has 0 radical (unpaired) electrons. The van der Waals surface area contributed by atoms with Crippen LogP contribution < -0.4 is 4.90 Å². The van der Waals surface area contributed by atoms with Crippen molar-refractivity contribution < 1.29 is 9.53 Å². The molecule has 2 aromatic rings. The Labute approximate surface area is 136 Å². The Kier molecular flexibility index (Phi) is 4.71. The fourth-order valence-corrected chi connectivity index (χ4v) is 2.73. The highest BCUT2D eigenvalue weighted by Crippen LogP contribution is 2.20. The Morgan fingerprint density at radius 2 is 1.87 bits per heavy atom. The van der Waals surface area contributed by atoms with Gasteiger partial charge in [-0.15, -0.1) is 0 Å². The third-order valence-electron chi connectivity index (χ3n) is 3.99. The molecule has 2 aromatic carbocycles. The summed E-state index contributed by atoms with van der Waals surface area (Å²) < 4.78 is 4.72. The number of nitrogens with zero attached hydrogens (tertiary/aromatic N) is 2. The second-order valence-corrected chi connectivity index (χ2v) is 5.59. The van der Waals surface area contributed by atoms with Crippen molar-refractivity contribution in [2.24, 2.45) is 4.99 Å². The number of anilines is 1. The molecule has 0 N–H and O–H groups in total. The molecule has 0 aromatic heterocycles. The van der Waals surface area contributed by atoms with Crippen molar-refractivity contribution in [3.8, 4) is 0 Å². The molecule has 0 atom stereocenters. The molecular weight excluding hydrogens is 288 g/mol. The third kappa shape index (κ3) is 3.77. The van der Waals surface area contributed by atoms with Crippen LogP contribution in [0.5, 0.6) is 0 Å². The van der Waals surface area contributed by atoms with Crippen LogP contribution in [0.4, 0.5) is 11.4 Å². The Hall–Kier alpha value is -2.62. The fourth-order valence-electron chi connectivity index (χ4n) is 2.73. The monoisotopic (exact) mass is 308 g/mol. The van der Waals surface area contributed by atoms with Crippen LogP contribution in [0, 0.1) is 0 Å². The maximum Gasteiger partial charge on any atom is 0.337 e. The number of ether oxygens (including phenoxy) is 1. The van der Waals surface area contributed by atoms with Crippen molar-refractivity contribution in [1.82, 2.24) is 0 Å². The molecule has 0 aliphatic carbocycles. The molecular formula is C19H20N2O2. The number of hydrogen-bond donors (Lipinski definition) is 0. The minimum absolute atomic E-state index is 0.350. The summed E-state index contributed by atoms with van der Waals surface area (Å²) in [6, 6.07) is 15.5. The maximum atomic E-state index is 11.5. The van der Waals surface area contributed by atoms with E-state index in [0.717, 1.165) is 24.3 Å². The van der Waals surface area contributed by atoms with E-state index in [0.29, 0.717) is 5.56 Å². The molecule has 1 aliphatic rings. The van der Waals surface area contributed by atoms with Crippen LogP contribution in [0.25, 0.3) is 0 Å². The molecule has 0 saturated carbocycles. The van der Waals surface area contributed by atoms with Crippen LogP contribution in [0.3, 0.4) is 0 Å². The normalized spacial score (nSPS) is 14.4. The summed E-state index contributed by atoms with van der Waals surface area (Å²) in [6.45, 7) is 2.29. The van der Waals surface area contributed by atoms with Gasteiger partial charge in [0, 0.05) is 25.0 Å². The lowest BCUT2D eigenvalue weighted by Crippen LogP contribution is -2.17. The fraction of sp³-hybridized carbons (Fsp3) is 0.263. The van der Waals surface area contributed by atoms with E-state index in [9.17, 15) is 4.79 Å². The molecule has 1 aliphatic heterocycles. The van der Waals surface area contributed by atoms with Crippen LogP contribution in [0.2, 0.25) is 0 Å². The highest BCUT2D eigenvalue weighted by molar-refractivity contribution is 5.90. The molecule has 0 unspecified atom stereocenters. The number of aliphatic imine (C=N–C) groups is 1. The van der Waals surface area contributed by atoms with E-state index in [1.165, 1.54) is 25.6 Å². The lowest BCUT2D eigenvalue weighted by Gasteiger charge is -2.17. The standard InChI is InChI=1S/C19H20N2O2/c1-23-19(22)16-5-4-6-17(13-16)20-14-15-7-9-18(10-8-15)21-11-2-3-12-21/h4-10,13-14H,2-3,11-12H2,1H3. The van der Waals surface area contributed by atoms with Crippen molar-refractivity contribution in [3.63, 3.8) is 0 Å². The lowest BCUT2D eigenvalue weighted by molar-refractivity contribution is 0.0601. The van der Waals surface area contributed by atoms with E-state index in [1.54, 1.807) is 18.2 Å². The number of benzene rings is 2. The van der Waals surface area contributed by atoms with Gasteiger partial charge in [-0.2, -0.15) is 0 Å². The minimum Gasteiger partial charge on any atom is -0.465 e. The summed E-state index contributed by atoms with van der Waals surface area (Å²) in [5.41, 5.74) is 3.55. The predicted molar refractivity (Wildman–Crippen MR) is 92.9 cm³/mol.